The SMILES string of the molecule is CCCC1=NN(C(C)=O)C(C(=O)NCC2CC[C@H]3C[C@@H]2C3(C)C)O1. The lowest BCUT2D eigenvalue weighted by Gasteiger charge is -2.60. The van der Waals surface area contributed by atoms with Gasteiger partial charge in [-0.25, -0.2) is 0 Å². The van der Waals surface area contributed by atoms with Crippen molar-refractivity contribution in [2.75, 3.05) is 6.54 Å². The molecule has 2 amide bonds. The summed E-state index contributed by atoms with van der Waals surface area (Å²) in [6, 6.07) is 0. The maximum absolute atomic E-state index is 12.5. The molecule has 1 N–H and O–H groups in total. The van der Waals surface area contributed by atoms with Crippen molar-refractivity contribution in [3.8, 4) is 0 Å². The van der Waals surface area contributed by atoms with E-state index in [2.05, 4.69) is 24.3 Å². The molecule has 3 fully saturated rings. The summed E-state index contributed by atoms with van der Waals surface area (Å²) in [6.07, 6.45) is 4.27. The van der Waals surface area contributed by atoms with Gasteiger partial charge in [-0.2, -0.15) is 5.01 Å². The first-order valence-corrected chi connectivity index (χ1v) is 9.16. The van der Waals surface area contributed by atoms with Crippen LogP contribution in [0, 0.1) is 23.2 Å². The lowest BCUT2D eigenvalue weighted by molar-refractivity contribution is -0.148. The van der Waals surface area contributed by atoms with Crippen molar-refractivity contribution in [1.29, 1.82) is 0 Å². The van der Waals surface area contributed by atoms with Gasteiger partial charge in [0, 0.05) is 19.9 Å². The van der Waals surface area contributed by atoms with Crippen molar-refractivity contribution in [2.24, 2.45) is 28.3 Å². The molecule has 3 aliphatic carbocycles. The molecule has 6 nitrogen and oxygen atoms in total. The maximum atomic E-state index is 12.5. The van der Waals surface area contributed by atoms with E-state index in [1.54, 1.807) is 0 Å². The van der Waals surface area contributed by atoms with E-state index in [0.29, 0.717) is 36.1 Å². The molecule has 0 aromatic rings. The van der Waals surface area contributed by atoms with Crippen molar-refractivity contribution in [1.82, 2.24) is 10.3 Å². The quantitative estimate of drug-likeness (QED) is 0.839. The highest BCUT2D eigenvalue weighted by Crippen LogP contribution is 2.61. The molecule has 0 saturated heterocycles. The van der Waals surface area contributed by atoms with Crippen LogP contribution in [0.4, 0.5) is 0 Å². The van der Waals surface area contributed by atoms with Crippen LogP contribution in [0.3, 0.4) is 0 Å². The fourth-order valence-corrected chi connectivity index (χ4v) is 4.62. The van der Waals surface area contributed by atoms with E-state index >= 15 is 0 Å². The Morgan fingerprint density at radius 3 is 2.71 bits per heavy atom. The van der Waals surface area contributed by atoms with E-state index in [1.807, 2.05) is 6.92 Å². The lowest BCUT2D eigenvalue weighted by atomic mass is 9.45. The van der Waals surface area contributed by atoms with E-state index in [1.165, 1.54) is 26.2 Å². The monoisotopic (exact) mass is 335 g/mol. The molecule has 6 heteroatoms. The molecule has 2 bridgehead atoms. The number of amides is 2. The topological polar surface area (TPSA) is 71.0 Å². The minimum atomic E-state index is -0.949. The lowest BCUT2D eigenvalue weighted by Crippen LogP contribution is -2.55. The Hall–Kier alpha value is -1.59. The molecule has 1 aliphatic heterocycles. The van der Waals surface area contributed by atoms with Gasteiger partial charge in [0.15, 0.2) is 0 Å². The number of nitrogens with one attached hydrogen (secondary N) is 1. The summed E-state index contributed by atoms with van der Waals surface area (Å²) in [5.41, 5.74) is 0.403. The van der Waals surface area contributed by atoms with Gasteiger partial charge in [0.25, 0.3) is 12.1 Å². The Bertz CT molecular complexity index is 556. The van der Waals surface area contributed by atoms with Crippen molar-refractivity contribution in [3.63, 3.8) is 0 Å². The smallest absolute Gasteiger partial charge is 0.284 e. The summed E-state index contributed by atoms with van der Waals surface area (Å²) in [7, 11) is 0. The highest BCUT2D eigenvalue weighted by Gasteiger charge is 2.54. The van der Waals surface area contributed by atoms with E-state index in [9.17, 15) is 9.59 Å². The molecular weight excluding hydrogens is 306 g/mol. The van der Waals surface area contributed by atoms with Crippen LogP contribution in [-0.4, -0.2) is 35.5 Å². The minimum absolute atomic E-state index is 0.265. The zero-order valence-corrected chi connectivity index (χ0v) is 15.2. The van der Waals surface area contributed by atoms with Gasteiger partial charge in [-0.15, -0.1) is 5.10 Å². The molecule has 24 heavy (non-hydrogen) atoms. The van der Waals surface area contributed by atoms with Crippen LogP contribution in [-0.2, 0) is 14.3 Å². The van der Waals surface area contributed by atoms with E-state index in [4.69, 9.17) is 4.74 Å². The summed E-state index contributed by atoms with van der Waals surface area (Å²) in [4.78, 5) is 24.2. The second-order valence-corrected chi connectivity index (χ2v) is 8.02. The number of ether oxygens (including phenoxy) is 1. The molecule has 4 rings (SSSR count). The van der Waals surface area contributed by atoms with E-state index in [-0.39, 0.29) is 11.8 Å². The Kier molecular flexibility index (Phi) is 4.58. The summed E-state index contributed by atoms with van der Waals surface area (Å²) in [6.45, 7) is 8.77. The summed E-state index contributed by atoms with van der Waals surface area (Å²) in [5, 5.41) is 8.30. The molecule has 3 saturated carbocycles. The molecule has 2 unspecified atom stereocenters. The fraction of sp³-hybridized carbons (Fsp3) is 0.833. The number of fused-ring (bicyclic) bond motifs is 2. The highest BCUT2D eigenvalue weighted by molar-refractivity contribution is 5.91. The molecule has 4 aliphatic rings. The van der Waals surface area contributed by atoms with Crippen molar-refractivity contribution >= 4 is 17.7 Å². The van der Waals surface area contributed by atoms with Gasteiger partial charge < -0.3 is 10.1 Å². The van der Waals surface area contributed by atoms with Gasteiger partial charge in [0.05, 0.1) is 0 Å². The molecule has 1 heterocycles. The Balaban J connectivity index is 1.56. The predicted molar refractivity (Wildman–Crippen MR) is 90.8 cm³/mol. The van der Waals surface area contributed by atoms with Crippen LogP contribution in [0.15, 0.2) is 5.10 Å². The number of carbonyl (C=O) groups excluding carboxylic acids is 2. The standard InChI is InChI=1S/C18H29N3O3/c1-5-6-15-20-21(11(2)22)17(24-15)16(23)19-10-12-7-8-13-9-14(12)18(13,3)4/h12-14,17H,5-10H2,1-4H3,(H,19,23)/t12?,13-,14-,17?/m0/s1. The van der Waals surface area contributed by atoms with Gasteiger partial charge in [0.1, 0.15) is 0 Å². The van der Waals surface area contributed by atoms with Crippen molar-refractivity contribution < 1.29 is 14.3 Å². The molecular formula is C18H29N3O3. The van der Waals surface area contributed by atoms with Crippen LogP contribution in [0.2, 0.25) is 0 Å². The molecule has 0 aromatic heterocycles. The summed E-state index contributed by atoms with van der Waals surface area (Å²) in [5.74, 6) is 1.99. The van der Waals surface area contributed by atoms with Crippen LogP contribution in [0.25, 0.3) is 0 Å². The average molecular weight is 335 g/mol. The third-order valence-corrected chi connectivity index (χ3v) is 6.24. The van der Waals surface area contributed by atoms with Gasteiger partial charge >= 0.3 is 0 Å². The minimum Gasteiger partial charge on any atom is -0.444 e. The average Bonchev–Trinajstić information content (AvgIpc) is 2.97. The Morgan fingerprint density at radius 2 is 2.12 bits per heavy atom. The van der Waals surface area contributed by atoms with E-state index in [0.717, 1.165) is 17.3 Å². The summed E-state index contributed by atoms with van der Waals surface area (Å²) < 4.78 is 5.60. The first-order valence-electron chi connectivity index (χ1n) is 9.16. The molecule has 134 valence electrons. The molecule has 0 spiro atoms. The van der Waals surface area contributed by atoms with Crippen molar-refractivity contribution in [3.05, 3.63) is 0 Å². The molecule has 4 atom stereocenters. The van der Waals surface area contributed by atoms with Crippen molar-refractivity contribution in [2.45, 2.75) is 66.0 Å². The number of nitrogens with zero attached hydrogens (tertiary/aromatic N) is 2. The van der Waals surface area contributed by atoms with Gasteiger partial charge in [-0.05, 0) is 48.9 Å². The second kappa shape index (κ2) is 6.37. The fourth-order valence-electron chi connectivity index (χ4n) is 4.62. The number of hydrogen-bond donors (Lipinski definition) is 1. The normalized spacial score (nSPS) is 33.3. The second-order valence-electron chi connectivity index (χ2n) is 8.02. The number of carbonyl (C=O) groups is 2. The number of hydrazone groups is 1. The zero-order chi connectivity index (χ0) is 17.5. The first-order chi connectivity index (χ1) is 11.3. The molecule has 0 aromatic carbocycles. The first kappa shape index (κ1) is 17.2. The van der Waals surface area contributed by atoms with Crippen LogP contribution in [0.5, 0.6) is 0 Å². The van der Waals surface area contributed by atoms with Crippen LogP contribution in [0.1, 0.15) is 59.8 Å². The van der Waals surface area contributed by atoms with Crippen LogP contribution >= 0.6 is 0 Å². The third-order valence-electron chi connectivity index (χ3n) is 6.24. The highest BCUT2D eigenvalue weighted by atomic mass is 16.5. The van der Waals surface area contributed by atoms with Gasteiger partial charge in [-0.1, -0.05) is 20.8 Å². The Labute approximate surface area is 144 Å². The predicted octanol–water partition coefficient (Wildman–Crippen LogP) is 2.49. The van der Waals surface area contributed by atoms with Gasteiger partial charge in [-0.3, -0.25) is 9.59 Å². The maximum Gasteiger partial charge on any atom is 0.284 e. The Morgan fingerprint density at radius 1 is 1.38 bits per heavy atom. The summed E-state index contributed by atoms with van der Waals surface area (Å²) >= 11 is 0. The third kappa shape index (κ3) is 2.91. The largest absolute Gasteiger partial charge is 0.444 e. The zero-order valence-electron chi connectivity index (χ0n) is 15.2. The number of hydrogen-bond acceptors (Lipinski definition) is 4. The van der Waals surface area contributed by atoms with Gasteiger partial charge in [0.2, 0.25) is 11.8 Å². The van der Waals surface area contributed by atoms with Crippen LogP contribution < -0.4 is 5.32 Å². The molecule has 0 radical (unpaired) electrons. The van der Waals surface area contributed by atoms with E-state index < -0.39 is 6.23 Å². The number of rotatable bonds is 5.